The Kier molecular flexibility index (Phi) is 13.7. The van der Waals surface area contributed by atoms with E-state index in [1.165, 1.54) is 44.2 Å². The molecule has 0 heterocycles. The second-order valence-electron chi connectivity index (χ2n) is 7.32. The van der Waals surface area contributed by atoms with Gasteiger partial charge >= 0.3 is 0 Å². The van der Waals surface area contributed by atoms with Gasteiger partial charge in [0.15, 0.2) is 0 Å². The van der Waals surface area contributed by atoms with E-state index in [9.17, 15) is 0 Å². The molecule has 4 rings (SSSR count). The van der Waals surface area contributed by atoms with Crippen LogP contribution < -0.4 is 0 Å². The second kappa shape index (κ2) is 16.3. The van der Waals surface area contributed by atoms with Gasteiger partial charge < -0.3 is 0 Å². The first kappa shape index (κ1) is 28.7. The molecule has 0 aliphatic carbocycles. The molecule has 0 nitrogen and oxygen atoms in total. The van der Waals surface area contributed by atoms with Crippen LogP contribution in [-0.2, 0) is 0 Å². The van der Waals surface area contributed by atoms with Crippen LogP contribution in [0.3, 0.4) is 0 Å². The van der Waals surface area contributed by atoms with Gasteiger partial charge in [0.2, 0.25) is 0 Å². The van der Waals surface area contributed by atoms with Crippen LogP contribution in [0.4, 0.5) is 0 Å². The lowest BCUT2D eigenvalue weighted by Crippen LogP contribution is -1.84. The third-order valence-electron chi connectivity index (χ3n) is 5.02. The number of hydrogen-bond donors (Lipinski definition) is 0. The largest absolute Gasteiger partial charge is 0.0683 e. The van der Waals surface area contributed by atoms with E-state index in [0.717, 1.165) is 0 Å². The van der Waals surface area contributed by atoms with Gasteiger partial charge in [-0.1, -0.05) is 150 Å². The lowest BCUT2D eigenvalue weighted by molar-refractivity contribution is 1.46. The van der Waals surface area contributed by atoms with E-state index in [-0.39, 0.29) is 0 Å². The average Bonchev–Trinajstić information content (AvgIpc) is 2.91. The quantitative estimate of drug-likeness (QED) is 0.271. The van der Waals surface area contributed by atoms with E-state index in [1.807, 2.05) is 41.5 Å². The Morgan fingerprint density at radius 1 is 0.412 bits per heavy atom. The van der Waals surface area contributed by atoms with E-state index in [0.29, 0.717) is 0 Å². The molecule has 0 bridgehead atoms. The Balaban J connectivity index is 0.000000894. The van der Waals surface area contributed by atoms with Crippen LogP contribution in [-0.4, -0.2) is 0 Å². The minimum Gasteiger partial charge on any atom is -0.0683 e. The minimum atomic E-state index is 1.22. The number of hydrogen-bond acceptors (Lipinski definition) is 0. The normalized spacial score (nSPS) is 10.1. The smallest absolute Gasteiger partial charge is 0.0177 e. The summed E-state index contributed by atoms with van der Waals surface area (Å²) < 4.78 is 0. The molecule has 0 saturated heterocycles. The van der Waals surface area contributed by atoms with Crippen molar-refractivity contribution >= 4 is 35.1 Å². The third kappa shape index (κ3) is 8.87. The Hall–Kier alpha value is -3.38. The lowest BCUT2D eigenvalue weighted by Gasteiger charge is -2.06. The predicted molar refractivity (Wildman–Crippen MR) is 158 cm³/mol. The summed E-state index contributed by atoms with van der Waals surface area (Å²) in [4.78, 5) is 0. The average molecular weight is 451 g/mol. The number of aryl methyl sites for hydroxylation is 2. The SMILES string of the molecule is CC.CC.CC.Cc1ccc(C=Cc2cc3ccccc3cc2C=Cc2ccc(C)cc2)cc1. The summed E-state index contributed by atoms with van der Waals surface area (Å²) >= 11 is 0. The molecule has 0 amide bonds. The molecule has 4 aromatic carbocycles. The maximum atomic E-state index is 2.27. The molecule has 0 N–H and O–H groups in total. The molecule has 0 fully saturated rings. The summed E-state index contributed by atoms with van der Waals surface area (Å²) in [7, 11) is 0. The predicted octanol–water partition coefficient (Wildman–Crippen LogP) is 10.9. The summed E-state index contributed by atoms with van der Waals surface area (Å²) in [5.41, 5.74) is 7.44. The van der Waals surface area contributed by atoms with Gasteiger partial charge in [0.1, 0.15) is 0 Å². The number of rotatable bonds is 4. The van der Waals surface area contributed by atoms with Crippen LogP contribution in [0.2, 0.25) is 0 Å². The minimum absolute atomic E-state index is 1.22. The molecule has 0 aromatic heterocycles. The van der Waals surface area contributed by atoms with E-state index in [4.69, 9.17) is 0 Å². The molecule has 178 valence electrons. The van der Waals surface area contributed by atoms with Gasteiger partial charge in [-0.2, -0.15) is 0 Å². The fourth-order valence-corrected chi connectivity index (χ4v) is 3.29. The molecule has 0 unspecified atom stereocenters. The van der Waals surface area contributed by atoms with Crippen molar-refractivity contribution < 1.29 is 0 Å². The maximum Gasteiger partial charge on any atom is -0.0177 e. The molecule has 0 aliphatic rings. The second-order valence-corrected chi connectivity index (χ2v) is 7.32. The van der Waals surface area contributed by atoms with Gasteiger partial charge in [0, 0.05) is 0 Å². The standard InChI is InChI=1S/C28H24.3C2H6/c1-21-7-11-23(12-8-21)15-17-27-19-25-5-3-4-6-26(25)20-28(27)18-16-24-13-9-22(2)10-14-24;3*1-2/h3-20H,1-2H3;3*1-2H3. The highest BCUT2D eigenvalue weighted by Crippen LogP contribution is 2.24. The van der Waals surface area contributed by atoms with Crippen molar-refractivity contribution in [2.75, 3.05) is 0 Å². The molecule has 0 spiro atoms. The zero-order valence-electron chi connectivity index (χ0n) is 22.4. The zero-order valence-corrected chi connectivity index (χ0v) is 22.4. The van der Waals surface area contributed by atoms with E-state index >= 15 is 0 Å². The first-order chi connectivity index (χ1) is 16.7. The summed E-state index contributed by atoms with van der Waals surface area (Å²) in [5, 5.41) is 2.53. The lowest BCUT2D eigenvalue weighted by atomic mass is 9.98. The topological polar surface area (TPSA) is 0 Å². The molecule has 4 aromatic rings. The Labute approximate surface area is 208 Å². The van der Waals surface area contributed by atoms with Gasteiger partial charge in [0.25, 0.3) is 0 Å². The van der Waals surface area contributed by atoms with Crippen LogP contribution in [0, 0.1) is 13.8 Å². The zero-order chi connectivity index (χ0) is 25.3. The van der Waals surface area contributed by atoms with E-state index in [2.05, 4.69) is 123 Å². The molecule has 34 heavy (non-hydrogen) atoms. The third-order valence-corrected chi connectivity index (χ3v) is 5.02. The highest BCUT2D eigenvalue weighted by molar-refractivity contribution is 5.91. The maximum absolute atomic E-state index is 2.27. The van der Waals surface area contributed by atoms with Crippen LogP contribution in [0.15, 0.2) is 84.9 Å². The van der Waals surface area contributed by atoms with Crippen LogP contribution >= 0.6 is 0 Å². The number of fused-ring (bicyclic) bond motifs is 1. The molecular weight excluding hydrogens is 408 g/mol. The fourth-order valence-electron chi connectivity index (χ4n) is 3.29. The van der Waals surface area contributed by atoms with Gasteiger partial charge in [-0.05, 0) is 59.0 Å². The Bertz CT molecular complexity index is 1050. The summed E-state index contributed by atoms with van der Waals surface area (Å²) in [6.07, 6.45) is 8.80. The van der Waals surface area contributed by atoms with Crippen molar-refractivity contribution in [2.45, 2.75) is 55.4 Å². The molecule has 0 atom stereocenters. The van der Waals surface area contributed by atoms with E-state index in [1.54, 1.807) is 0 Å². The van der Waals surface area contributed by atoms with Gasteiger partial charge in [-0.3, -0.25) is 0 Å². The van der Waals surface area contributed by atoms with Crippen LogP contribution in [0.1, 0.15) is 74.9 Å². The molecule has 0 heteroatoms. The summed E-state index contributed by atoms with van der Waals surface area (Å²) in [6.45, 7) is 16.2. The van der Waals surface area contributed by atoms with Crippen molar-refractivity contribution in [3.05, 3.63) is 118 Å². The highest BCUT2D eigenvalue weighted by Gasteiger charge is 2.01. The van der Waals surface area contributed by atoms with Gasteiger partial charge in [-0.15, -0.1) is 0 Å². The fraction of sp³-hybridized carbons (Fsp3) is 0.235. The van der Waals surface area contributed by atoms with Crippen molar-refractivity contribution in [1.82, 2.24) is 0 Å². The molecule has 0 aliphatic heterocycles. The molecule has 0 radical (unpaired) electrons. The van der Waals surface area contributed by atoms with Crippen molar-refractivity contribution in [3.63, 3.8) is 0 Å². The summed E-state index contributed by atoms with van der Waals surface area (Å²) in [6, 6.07) is 30.3. The summed E-state index contributed by atoms with van der Waals surface area (Å²) in [5.74, 6) is 0. The van der Waals surface area contributed by atoms with Gasteiger partial charge in [0.05, 0.1) is 0 Å². The van der Waals surface area contributed by atoms with Crippen LogP contribution in [0.5, 0.6) is 0 Å². The van der Waals surface area contributed by atoms with Crippen molar-refractivity contribution in [2.24, 2.45) is 0 Å². The Morgan fingerprint density at radius 3 is 1.06 bits per heavy atom. The van der Waals surface area contributed by atoms with Crippen molar-refractivity contribution in [3.8, 4) is 0 Å². The van der Waals surface area contributed by atoms with Crippen molar-refractivity contribution in [1.29, 1.82) is 0 Å². The molecular formula is C34H42. The first-order valence-electron chi connectivity index (χ1n) is 12.7. The first-order valence-corrected chi connectivity index (χ1v) is 12.7. The van der Waals surface area contributed by atoms with Crippen LogP contribution in [0.25, 0.3) is 35.1 Å². The highest BCUT2D eigenvalue weighted by atomic mass is 14.1. The Morgan fingerprint density at radius 2 is 0.735 bits per heavy atom. The number of benzene rings is 4. The van der Waals surface area contributed by atoms with E-state index < -0.39 is 0 Å². The molecule has 0 saturated carbocycles. The monoisotopic (exact) mass is 450 g/mol. The van der Waals surface area contributed by atoms with Gasteiger partial charge in [-0.25, -0.2) is 0 Å².